The molecule has 2 N–H and O–H groups in total. The van der Waals surface area contributed by atoms with Gasteiger partial charge in [-0.25, -0.2) is 9.20 Å². The molecule has 8 heteroatoms. The number of nitriles is 1. The Hall–Kier alpha value is -2.92. The lowest BCUT2D eigenvalue weighted by atomic mass is 10.1. The topological polar surface area (TPSA) is 104 Å². The highest BCUT2D eigenvalue weighted by atomic mass is 16.3. The summed E-state index contributed by atoms with van der Waals surface area (Å²) >= 11 is 0. The van der Waals surface area contributed by atoms with Gasteiger partial charge in [0.05, 0.1) is 17.9 Å². The van der Waals surface area contributed by atoms with Crippen LogP contribution in [0.3, 0.4) is 0 Å². The highest BCUT2D eigenvalue weighted by Crippen LogP contribution is 2.30. The first kappa shape index (κ1) is 14.7. The van der Waals surface area contributed by atoms with Crippen molar-refractivity contribution in [1.29, 1.82) is 5.26 Å². The third-order valence-electron chi connectivity index (χ3n) is 4.57. The van der Waals surface area contributed by atoms with E-state index in [1.807, 2.05) is 17.7 Å². The summed E-state index contributed by atoms with van der Waals surface area (Å²) < 4.78 is 3.48. The summed E-state index contributed by atoms with van der Waals surface area (Å²) in [6.45, 7) is 3.95. The minimum absolute atomic E-state index is 0.0115. The summed E-state index contributed by atoms with van der Waals surface area (Å²) in [5.74, 6) is 0.0115. The fraction of sp³-hybridized carbons (Fsp3) is 0.375. The molecule has 1 aliphatic rings. The number of aromatic hydroxyl groups is 1. The third kappa shape index (κ3) is 2.21. The molecule has 1 aliphatic heterocycles. The van der Waals surface area contributed by atoms with Crippen LogP contribution in [0, 0.1) is 18.3 Å². The number of piperidine rings is 1. The van der Waals surface area contributed by atoms with Crippen LogP contribution < -0.4 is 5.32 Å². The number of nitrogens with zero attached hydrogens (tertiary/aromatic N) is 6. The quantitative estimate of drug-likeness (QED) is 0.739. The molecule has 0 atom stereocenters. The van der Waals surface area contributed by atoms with E-state index in [4.69, 9.17) is 5.26 Å². The van der Waals surface area contributed by atoms with Gasteiger partial charge >= 0.3 is 0 Å². The van der Waals surface area contributed by atoms with Crippen LogP contribution in [0.1, 0.15) is 30.1 Å². The SMILES string of the molecule is Cc1c(-c2cc(O)c3c(C#N)cnn3c2)nnn1C1CCNCC1. The van der Waals surface area contributed by atoms with Gasteiger partial charge in [-0.3, -0.25) is 0 Å². The zero-order chi connectivity index (χ0) is 16.7. The van der Waals surface area contributed by atoms with Gasteiger partial charge in [-0.2, -0.15) is 10.4 Å². The van der Waals surface area contributed by atoms with Gasteiger partial charge < -0.3 is 10.4 Å². The second-order valence-corrected chi connectivity index (χ2v) is 6.03. The molecule has 0 aromatic carbocycles. The minimum atomic E-state index is 0.0115. The van der Waals surface area contributed by atoms with Crippen molar-refractivity contribution in [2.45, 2.75) is 25.8 Å². The number of hydrogen-bond donors (Lipinski definition) is 2. The van der Waals surface area contributed by atoms with Crippen molar-refractivity contribution >= 4 is 5.52 Å². The Morgan fingerprint density at radius 3 is 2.92 bits per heavy atom. The van der Waals surface area contributed by atoms with Gasteiger partial charge in [0.2, 0.25) is 0 Å². The second kappa shape index (κ2) is 5.62. The van der Waals surface area contributed by atoms with Crippen LogP contribution in [0.2, 0.25) is 0 Å². The minimum Gasteiger partial charge on any atom is -0.506 e. The van der Waals surface area contributed by atoms with E-state index in [1.165, 1.54) is 10.7 Å². The molecular weight excluding hydrogens is 306 g/mol. The molecular formula is C16H17N7O. The van der Waals surface area contributed by atoms with Crippen LogP contribution >= 0.6 is 0 Å². The largest absolute Gasteiger partial charge is 0.506 e. The Balaban J connectivity index is 1.78. The number of hydrogen-bond acceptors (Lipinski definition) is 6. The Bertz CT molecular complexity index is 943. The number of nitrogens with one attached hydrogen (secondary N) is 1. The lowest BCUT2D eigenvalue weighted by Crippen LogP contribution is -2.30. The van der Waals surface area contributed by atoms with E-state index >= 15 is 0 Å². The summed E-state index contributed by atoms with van der Waals surface area (Å²) in [5.41, 5.74) is 3.16. The molecule has 3 aromatic rings. The Labute approximate surface area is 138 Å². The van der Waals surface area contributed by atoms with Gasteiger partial charge in [-0.05, 0) is 38.9 Å². The lowest BCUT2D eigenvalue weighted by molar-refractivity contribution is 0.333. The molecule has 1 fully saturated rings. The van der Waals surface area contributed by atoms with Crippen molar-refractivity contribution < 1.29 is 5.11 Å². The van der Waals surface area contributed by atoms with Crippen molar-refractivity contribution in [3.05, 3.63) is 29.7 Å². The summed E-state index contributed by atoms with van der Waals surface area (Å²) in [7, 11) is 0. The van der Waals surface area contributed by atoms with Crippen LogP contribution in [0.25, 0.3) is 16.8 Å². The molecule has 0 radical (unpaired) electrons. The number of fused-ring (bicyclic) bond motifs is 1. The van der Waals surface area contributed by atoms with Crippen molar-refractivity contribution in [3.63, 3.8) is 0 Å². The summed E-state index contributed by atoms with van der Waals surface area (Å²) in [6, 6.07) is 3.99. The zero-order valence-electron chi connectivity index (χ0n) is 13.3. The molecule has 24 heavy (non-hydrogen) atoms. The number of pyridine rings is 1. The van der Waals surface area contributed by atoms with Crippen LogP contribution in [-0.2, 0) is 0 Å². The normalized spacial score (nSPS) is 15.7. The van der Waals surface area contributed by atoms with E-state index in [9.17, 15) is 5.11 Å². The molecule has 1 saturated heterocycles. The molecule has 4 rings (SSSR count). The first-order valence-corrected chi connectivity index (χ1v) is 7.92. The highest BCUT2D eigenvalue weighted by Gasteiger charge is 2.21. The average molecular weight is 323 g/mol. The Kier molecular flexibility index (Phi) is 3.43. The molecule has 122 valence electrons. The van der Waals surface area contributed by atoms with Gasteiger partial charge in [0, 0.05) is 11.8 Å². The van der Waals surface area contributed by atoms with Gasteiger partial charge in [0.25, 0.3) is 0 Å². The Morgan fingerprint density at radius 1 is 1.38 bits per heavy atom. The number of rotatable bonds is 2. The fourth-order valence-electron chi connectivity index (χ4n) is 3.32. The molecule has 0 amide bonds. The smallest absolute Gasteiger partial charge is 0.143 e. The lowest BCUT2D eigenvalue weighted by Gasteiger charge is -2.23. The van der Waals surface area contributed by atoms with Gasteiger partial charge in [0.1, 0.15) is 28.6 Å². The van der Waals surface area contributed by atoms with Crippen LogP contribution in [0.5, 0.6) is 5.75 Å². The summed E-state index contributed by atoms with van der Waals surface area (Å²) in [4.78, 5) is 0. The van der Waals surface area contributed by atoms with E-state index in [2.05, 4.69) is 20.7 Å². The van der Waals surface area contributed by atoms with Crippen molar-refractivity contribution in [3.8, 4) is 23.1 Å². The Morgan fingerprint density at radius 2 is 2.17 bits per heavy atom. The number of aromatic nitrogens is 5. The van der Waals surface area contributed by atoms with Crippen LogP contribution in [-0.4, -0.2) is 42.8 Å². The second-order valence-electron chi connectivity index (χ2n) is 6.03. The third-order valence-corrected chi connectivity index (χ3v) is 4.57. The molecule has 0 unspecified atom stereocenters. The predicted molar refractivity (Wildman–Crippen MR) is 86.5 cm³/mol. The van der Waals surface area contributed by atoms with E-state index in [0.717, 1.165) is 42.9 Å². The first-order chi connectivity index (χ1) is 11.7. The van der Waals surface area contributed by atoms with E-state index in [0.29, 0.717) is 17.1 Å². The molecule has 0 aliphatic carbocycles. The van der Waals surface area contributed by atoms with Gasteiger partial charge in [0.15, 0.2) is 0 Å². The summed E-state index contributed by atoms with van der Waals surface area (Å²) in [6.07, 6.45) is 5.26. The van der Waals surface area contributed by atoms with Gasteiger partial charge in [-0.1, -0.05) is 5.21 Å². The van der Waals surface area contributed by atoms with Crippen molar-refractivity contribution in [2.24, 2.45) is 0 Å². The zero-order valence-corrected chi connectivity index (χ0v) is 13.3. The molecule has 8 nitrogen and oxygen atoms in total. The van der Waals surface area contributed by atoms with Crippen LogP contribution in [0.4, 0.5) is 0 Å². The molecule has 4 heterocycles. The predicted octanol–water partition coefficient (Wildman–Crippen LogP) is 1.40. The molecule has 3 aromatic heterocycles. The maximum Gasteiger partial charge on any atom is 0.143 e. The maximum absolute atomic E-state index is 10.3. The maximum atomic E-state index is 10.3. The molecule has 0 bridgehead atoms. The van der Waals surface area contributed by atoms with E-state index in [1.54, 1.807) is 12.3 Å². The highest BCUT2D eigenvalue weighted by molar-refractivity contribution is 5.74. The monoisotopic (exact) mass is 323 g/mol. The van der Waals surface area contributed by atoms with E-state index < -0.39 is 0 Å². The van der Waals surface area contributed by atoms with Crippen molar-refractivity contribution in [2.75, 3.05) is 13.1 Å². The first-order valence-electron chi connectivity index (χ1n) is 7.92. The average Bonchev–Trinajstić information content (AvgIpc) is 3.19. The van der Waals surface area contributed by atoms with Crippen molar-refractivity contribution in [1.82, 2.24) is 29.9 Å². The van der Waals surface area contributed by atoms with Crippen LogP contribution in [0.15, 0.2) is 18.5 Å². The van der Waals surface area contributed by atoms with E-state index in [-0.39, 0.29) is 5.75 Å². The fourth-order valence-corrected chi connectivity index (χ4v) is 3.32. The molecule has 0 saturated carbocycles. The van der Waals surface area contributed by atoms with Gasteiger partial charge in [-0.15, -0.1) is 5.10 Å². The summed E-state index contributed by atoms with van der Waals surface area (Å²) in [5, 5.41) is 35.5. The molecule has 0 spiro atoms. The standard InChI is InChI=1S/C16H17N7O/c1-10-15(20-21-23(10)13-2-4-18-5-3-13)11-6-14(24)16-12(7-17)8-19-22(16)9-11/h6,8-9,13,18,24H,2-5H2,1H3.